The molecule has 0 aromatic heterocycles. The summed E-state index contributed by atoms with van der Waals surface area (Å²) in [6.07, 6.45) is 10.0. The quantitative estimate of drug-likeness (QED) is 0.823. The van der Waals surface area contributed by atoms with Crippen molar-refractivity contribution < 1.29 is 0 Å². The summed E-state index contributed by atoms with van der Waals surface area (Å²) in [4.78, 5) is 5.60. The smallest absolute Gasteiger partial charge is 0.0223 e. The molecule has 3 aliphatic heterocycles. The molecular weight excluding hydrogens is 222 g/mol. The summed E-state index contributed by atoms with van der Waals surface area (Å²) in [6.45, 7) is 5.27. The molecule has 0 aromatic rings. The van der Waals surface area contributed by atoms with E-state index in [4.69, 9.17) is 0 Å². The van der Waals surface area contributed by atoms with E-state index in [9.17, 15) is 0 Å². The predicted octanol–water partition coefficient (Wildman–Crippen LogP) is 1.69. The molecule has 0 radical (unpaired) electrons. The van der Waals surface area contributed by atoms with E-state index < -0.39 is 0 Å². The van der Waals surface area contributed by atoms with Gasteiger partial charge in [0.25, 0.3) is 0 Å². The normalized spacial score (nSPS) is 38.8. The number of likely N-dealkylation sites (tertiary alicyclic amines) is 1. The fraction of sp³-hybridized carbons (Fsp3) is 1.00. The average molecular weight is 251 g/mol. The lowest BCUT2D eigenvalue weighted by molar-refractivity contribution is 0.0383. The second-order valence-electron chi connectivity index (χ2n) is 6.46. The summed E-state index contributed by atoms with van der Waals surface area (Å²) in [5.41, 5.74) is 0. The Balaban J connectivity index is 1.61. The van der Waals surface area contributed by atoms with Crippen LogP contribution in [0.2, 0.25) is 0 Å². The van der Waals surface area contributed by atoms with E-state index in [0.717, 1.165) is 18.1 Å². The van der Waals surface area contributed by atoms with Crippen LogP contribution in [0.15, 0.2) is 0 Å². The summed E-state index contributed by atoms with van der Waals surface area (Å²) in [5, 5.41) is 3.40. The molecule has 0 bridgehead atoms. The number of likely N-dealkylation sites (N-methyl/N-ethyl adjacent to an activating group) is 1. The van der Waals surface area contributed by atoms with Crippen LogP contribution in [0.4, 0.5) is 0 Å². The number of fused-ring (bicyclic) bond motifs is 1. The van der Waals surface area contributed by atoms with Crippen LogP contribution in [0.5, 0.6) is 0 Å². The Hall–Kier alpha value is -0.120. The molecule has 18 heavy (non-hydrogen) atoms. The van der Waals surface area contributed by atoms with Crippen LogP contribution >= 0.6 is 0 Å². The number of nitrogens with one attached hydrogen (secondary N) is 1. The monoisotopic (exact) mass is 251 g/mol. The van der Waals surface area contributed by atoms with E-state index in [0.29, 0.717) is 0 Å². The Labute approximate surface area is 112 Å². The molecular formula is C15H29N3. The first-order chi connectivity index (χ1) is 8.88. The van der Waals surface area contributed by atoms with Crippen molar-refractivity contribution in [2.75, 3.05) is 33.2 Å². The summed E-state index contributed by atoms with van der Waals surface area (Å²) >= 11 is 0. The fourth-order valence-electron chi connectivity index (χ4n) is 4.46. The number of rotatable bonds is 3. The molecule has 0 saturated carbocycles. The zero-order valence-electron chi connectivity index (χ0n) is 11.9. The molecule has 3 heteroatoms. The van der Waals surface area contributed by atoms with Gasteiger partial charge >= 0.3 is 0 Å². The van der Waals surface area contributed by atoms with Gasteiger partial charge in [0.2, 0.25) is 0 Å². The summed E-state index contributed by atoms with van der Waals surface area (Å²) in [6, 6.07) is 2.60. The zero-order chi connectivity index (χ0) is 12.4. The summed E-state index contributed by atoms with van der Waals surface area (Å²) < 4.78 is 0. The Kier molecular flexibility index (Phi) is 4.22. The second kappa shape index (κ2) is 5.89. The molecule has 1 N–H and O–H groups in total. The predicted molar refractivity (Wildman–Crippen MR) is 75.9 cm³/mol. The van der Waals surface area contributed by atoms with Crippen molar-refractivity contribution in [1.29, 1.82) is 0 Å². The lowest BCUT2D eigenvalue weighted by Gasteiger charge is -2.46. The molecule has 3 rings (SSSR count). The molecule has 3 aliphatic rings. The van der Waals surface area contributed by atoms with E-state index in [2.05, 4.69) is 22.2 Å². The third-order valence-corrected chi connectivity index (χ3v) is 5.37. The highest BCUT2D eigenvalue weighted by Crippen LogP contribution is 2.32. The van der Waals surface area contributed by atoms with Gasteiger partial charge in [-0.3, -0.25) is 4.90 Å². The van der Waals surface area contributed by atoms with E-state index in [-0.39, 0.29) is 0 Å². The van der Waals surface area contributed by atoms with Crippen molar-refractivity contribution in [3.8, 4) is 0 Å². The highest BCUT2D eigenvalue weighted by atomic mass is 15.3. The molecule has 3 saturated heterocycles. The SMILES string of the molecule is CNCC1CCCCN1C1CCN2CCCC2C1. The third kappa shape index (κ3) is 2.59. The maximum absolute atomic E-state index is 3.40. The van der Waals surface area contributed by atoms with Crippen molar-refractivity contribution in [2.24, 2.45) is 0 Å². The van der Waals surface area contributed by atoms with Crippen molar-refractivity contribution in [3.05, 3.63) is 0 Å². The number of hydrogen-bond donors (Lipinski definition) is 1. The minimum Gasteiger partial charge on any atom is -0.318 e. The number of piperidine rings is 2. The molecule has 0 spiro atoms. The molecule has 0 amide bonds. The molecule has 3 heterocycles. The number of hydrogen-bond acceptors (Lipinski definition) is 3. The molecule has 3 unspecified atom stereocenters. The van der Waals surface area contributed by atoms with Crippen LogP contribution in [0.3, 0.4) is 0 Å². The van der Waals surface area contributed by atoms with Gasteiger partial charge in [0.05, 0.1) is 0 Å². The first kappa shape index (κ1) is 12.9. The highest BCUT2D eigenvalue weighted by Gasteiger charge is 2.36. The van der Waals surface area contributed by atoms with Gasteiger partial charge in [-0.15, -0.1) is 0 Å². The van der Waals surface area contributed by atoms with E-state index in [1.807, 2.05) is 0 Å². The summed E-state index contributed by atoms with van der Waals surface area (Å²) in [7, 11) is 2.10. The van der Waals surface area contributed by atoms with Crippen molar-refractivity contribution in [2.45, 2.75) is 63.1 Å². The maximum atomic E-state index is 3.40. The zero-order valence-corrected chi connectivity index (χ0v) is 11.9. The fourth-order valence-corrected chi connectivity index (χ4v) is 4.46. The largest absolute Gasteiger partial charge is 0.318 e. The molecule has 0 aromatic carbocycles. The lowest BCUT2D eigenvalue weighted by Crippen LogP contribution is -2.54. The van der Waals surface area contributed by atoms with Crippen LogP contribution in [0, 0.1) is 0 Å². The van der Waals surface area contributed by atoms with Gasteiger partial charge in [-0.05, 0) is 65.2 Å². The van der Waals surface area contributed by atoms with Crippen LogP contribution in [0.1, 0.15) is 44.9 Å². The van der Waals surface area contributed by atoms with E-state index in [1.165, 1.54) is 71.1 Å². The van der Waals surface area contributed by atoms with Crippen LogP contribution in [-0.4, -0.2) is 61.2 Å². The van der Waals surface area contributed by atoms with Crippen molar-refractivity contribution in [3.63, 3.8) is 0 Å². The standard InChI is InChI=1S/C15H29N3/c1-16-12-15-5-2-3-9-18(15)14-7-10-17-8-4-6-13(17)11-14/h13-16H,2-12H2,1H3. The van der Waals surface area contributed by atoms with Crippen LogP contribution < -0.4 is 5.32 Å². The van der Waals surface area contributed by atoms with Gasteiger partial charge < -0.3 is 10.2 Å². The first-order valence-corrected chi connectivity index (χ1v) is 8.03. The minimum absolute atomic E-state index is 0.807. The highest BCUT2D eigenvalue weighted by molar-refractivity contribution is 4.93. The summed E-state index contributed by atoms with van der Waals surface area (Å²) in [5.74, 6) is 0. The maximum Gasteiger partial charge on any atom is 0.0223 e. The Morgan fingerprint density at radius 2 is 1.89 bits per heavy atom. The van der Waals surface area contributed by atoms with Gasteiger partial charge in [-0.1, -0.05) is 6.42 Å². The molecule has 3 fully saturated rings. The van der Waals surface area contributed by atoms with Crippen molar-refractivity contribution >= 4 is 0 Å². The van der Waals surface area contributed by atoms with Crippen LogP contribution in [-0.2, 0) is 0 Å². The van der Waals surface area contributed by atoms with Gasteiger partial charge in [0.15, 0.2) is 0 Å². The van der Waals surface area contributed by atoms with Gasteiger partial charge in [-0.2, -0.15) is 0 Å². The Bertz CT molecular complexity index is 266. The number of nitrogens with zero attached hydrogens (tertiary/aromatic N) is 2. The topological polar surface area (TPSA) is 18.5 Å². The van der Waals surface area contributed by atoms with Crippen LogP contribution in [0.25, 0.3) is 0 Å². The third-order valence-electron chi connectivity index (χ3n) is 5.37. The molecule has 104 valence electrons. The minimum atomic E-state index is 0.807. The lowest BCUT2D eigenvalue weighted by atomic mass is 9.91. The van der Waals surface area contributed by atoms with Gasteiger partial charge in [0, 0.05) is 24.7 Å². The Morgan fingerprint density at radius 1 is 0.944 bits per heavy atom. The second-order valence-corrected chi connectivity index (χ2v) is 6.46. The molecule has 0 aliphatic carbocycles. The van der Waals surface area contributed by atoms with E-state index in [1.54, 1.807) is 0 Å². The van der Waals surface area contributed by atoms with Gasteiger partial charge in [-0.25, -0.2) is 0 Å². The van der Waals surface area contributed by atoms with Crippen molar-refractivity contribution in [1.82, 2.24) is 15.1 Å². The first-order valence-electron chi connectivity index (χ1n) is 8.03. The van der Waals surface area contributed by atoms with Gasteiger partial charge in [0.1, 0.15) is 0 Å². The average Bonchev–Trinajstić information content (AvgIpc) is 2.87. The molecule has 3 atom stereocenters. The van der Waals surface area contributed by atoms with E-state index >= 15 is 0 Å². The molecule has 3 nitrogen and oxygen atoms in total. The Morgan fingerprint density at radius 3 is 2.78 bits per heavy atom.